The Balaban J connectivity index is 1.90. The lowest BCUT2D eigenvalue weighted by Crippen LogP contribution is -2.39. The highest BCUT2D eigenvalue weighted by atomic mass is 19.4. The van der Waals surface area contributed by atoms with Gasteiger partial charge in [-0.2, -0.15) is 18.3 Å². The largest absolute Gasteiger partial charge is 0.433 e. The van der Waals surface area contributed by atoms with Crippen LogP contribution in [0.15, 0.2) is 18.5 Å². The zero-order chi connectivity index (χ0) is 17.3. The monoisotopic (exact) mass is 339 g/mol. The molecule has 24 heavy (non-hydrogen) atoms. The molecule has 0 radical (unpaired) electrons. The van der Waals surface area contributed by atoms with Gasteiger partial charge in [-0.15, -0.1) is 0 Å². The molecule has 1 fully saturated rings. The van der Waals surface area contributed by atoms with E-state index in [0.717, 1.165) is 25.3 Å². The molecule has 2 aromatic heterocycles. The summed E-state index contributed by atoms with van der Waals surface area (Å²) in [5.41, 5.74) is -0.756. The second-order valence-corrected chi connectivity index (χ2v) is 5.71. The number of nitrogens with one attached hydrogen (secondary N) is 1. The van der Waals surface area contributed by atoms with Crippen molar-refractivity contribution >= 4 is 5.91 Å². The standard InChI is InChI=1S/C15H16F3N5O/c1-9-10(5-6-12(21-9)15(16,17)18)14(24)23-7-3-2-4-11(23)13-19-8-20-22-13/h5-6,8,11H,2-4,7H2,1H3,(H,19,20,22)/t11-/m0/s1. The van der Waals surface area contributed by atoms with Crippen molar-refractivity contribution in [3.63, 3.8) is 0 Å². The number of carbonyl (C=O) groups is 1. The summed E-state index contributed by atoms with van der Waals surface area (Å²) in [6.45, 7) is 1.93. The maximum absolute atomic E-state index is 12.8. The van der Waals surface area contributed by atoms with Crippen molar-refractivity contribution in [1.82, 2.24) is 25.1 Å². The molecule has 0 aliphatic carbocycles. The van der Waals surface area contributed by atoms with Crippen LogP contribution < -0.4 is 0 Å². The topological polar surface area (TPSA) is 74.8 Å². The summed E-state index contributed by atoms with van der Waals surface area (Å²) in [5.74, 6) is 0.246. The highest BCUT2D eigenvalue weighted by Gasteiger charge is 2.35. The number of piperidine rings is 1. The van der Waals surface area contributed by atoms with Gasteiger partial charge in [0, 0.05) is 6.54 Å². The van der Waals surface area contributed by atoms with Crippen LogP contribution in [-0.2, 0) is 6.18 Å². The lowest BCUT2D eigenvalue weighted by atomic mass is 10.00. The molecule has 2 aromatic rings. The quantitative estimate of drug-likeness (QED) is 0.913. The highest BCUT2D eigenvalue weighted by Crippen LogP contribution is 2.32. The molecule has 1 amide bonds. The lowest BCUT2D eigenvalue weighted by molar-refractivity contribution is -0.141. The van der Waals surface area contributed by atoms with Gasteiger partial charge in [0.1, 0.15) is 17.8 Å². The van der Waals surface area contributed by atoms with Crippen LogP contribution in [-0.4, -0.2) is 37.5 Å². The minimum Gasteiger partial charge on any atom is -0.328 e. The first-order chi connectivity index (χ1) is 11.4. The molecule has 1 atom stereocenters. The van der Waals surface area contributed by atoms with E-state index in [4.69, 9.17) is 0 Å². The first kappa shape index (κ1) is 16.4. The molecule has 1 aliphatic rings. The fraction of sp³-hybridized carbons (Fsp3) is 0.467. The van der Waals surface area contributed by atoms with Crippen molar-refractivity contribution < 1.29 is 18.0 Å². The maximum Gasteiger partial charge on any atom is 0.433 e. The van der Waals surface area contributed by atoms with Crippen LogP contribution in [0.2, 0.25) is 0 Å². The van der Waals surface area contributed by atoms with Crippen LogP contribution in [0.25, 0.3) is 0 Å². The number of aromatic amines is 1. The molecule has 1 saturated heterocycles. The van der Waals surface area contributed by atoms with Crippen LogP contribution in [0.3, 0.4) is 0 Å². The number of halogens is 3. The smallest absolute Gasteiger partial charge is 0.328 e. The van der Waals surface area contributed by atoms with Crippen molar-refractivity contribution in [3.8, 4) is 0 Å². The highest BCUT2D eigenvalue weighted by molar-refractivity contribution is 5.95. The average molecular weight is 339 g/mol. The van der Waals surface area contributed by atoms with Gasteiger partial charge >= 0.3 is 6.18 Å². The number of alkyl halides is 3. The van der Waals surface area contributed by atoms with Crippen LogP contribution >= 0.6 is 0 Å². The maximum atomic E-state index is 12.8. The third-order valence-electron chi connectivity index (χ3n) is 4.12. The summed E-state index contributed by atoms with van der Waals surface area (Å²) in [6, 6.07) is 1.78. The summed E-state index contributed by atoms with van der Waals surface area (Å²) in [5, 5.41) is 6.58. The van der Waals surface area contributed by atoms with Gasteiger partial charge < -0.3 is 4.90 Å². The normalized spacial score (nSPS) is 18.7. The number of amides is 1. The van der Waals surface area contributed by atoms with Crippen molar-refractivity contribution in [2.75, 3.05) is 6.54 Å². The van der Waals surface area contributed by atoms with E-state index in [1.54, 1.807) is 4.90 Å². The number of hydrogen-bond donors (Lipinski definition) is 1. The number of likely N-dealkylation sites (tertiary alicyclic amines) is 1. The van der Waals surface area contributed by atoms with Crippen LogP contribution in [0.5, 0.6) is 0 Å². The predicted octanol–water partition coefficient (Wildman–Crippen LogP) is 2.89. The molecule has 0 aromatic carbocycles. The number of aryl methyl sites for hydroxylation is 1. The van der Waals surface area contributed by atoms with E-state index in [1.165, 1.54) is 19.3 Å². The zero-order valence-corrected chi connectivity index (χ0v) is 13.0. The van der Waals surface area contributed by atoms with E-state index in [-0.39, 0.29) is 23.2 Å². The molecule has 0 unspecified atom stereocenters. The molecular formula is C15H16F3N5O. The van der Waals surface area contributed by atoms with Crippen molar-refractivity contribution in [1.29, 1.82) is 0 Å². The van der Waals surface area contributed by atoms with E-state index in [2.05, 4.69) is 20.2 Å². The fourth-order valence-corrected chi connectivity index (χ4v) is 2.93. The third-order valence-corrected chi connectivity index (χ3v) is 4.12. The summed E-state index contributed by atoms with van der Waals surface area (Å²) in [7, 11) is 0. The molecule has 0 saturated carbocycles. The summed E-state index contributed by atoms with van der Waals surface area (Å²) >= 11 is 0. The van der Waals surface area contributed by atoms with E-state index < -0.39 is 11.9 Å². The Bertz CT molecular complexity index is 729. The zero-order valence-electron chi connectivity index (χ0n) is 13.0. The Morgan fingerprint density at radius 3 is 2.75 bits per heavy atom. The Morgan fingerprint density at radius 2 is 2.12 bits per heavy atom. The molecule has 9 heteroatoms. The van der Waals surface area contributed by atoms with Crippen molar-refractivity contribution in [3.05, 3.63) is 41.2 Å². The molecule has 0 spiro atoms. The fourth-order valence-electron chi connectivity index (χ4n) is 2.93. The van der Waals surface area contributed by atoms with Gasteiger partial charge in [-0.25, -0.2) is 9.97 Å². The number of H-pyrrole nitrogens is 1. The second kappa shape index (κ2) is 6.21. The molecule has 128 valence electrons. The summed E-state index contributed by atoms with van der Waals surface area (Å²) in [6.07, 6.45) is -0.645. The third kappa shape index (κ3) is 3.10. The Hall–Kier alpha value is -2.45. The number of rotatable bonds is 2. The van der Waals surface area contributed by atoms with Gasteiger partial charge in [0.2, 0.25) is 0 Å². The van der Waals surface area contributed by atoms with E-state index in [1.807, 2.05) is 0 Å². The Labute approximate surface area is 136 Å². The van der Waals surface area contributed by atoms with E-state index in [9.17, 15) is 18.0 Å². The van der Waals surface area contributed by atoms with Crippen LogP contribution in [0.1, 0.15) is 52.9 Å². The minimum atomic E-state index is -4.53. The van der Waals surface area contributed by atoms with Crippen LogP contribution in [0, 0.1) is 6.92 Å². The van der Waals surface area contributed by atoms with Crippen molar-refractivity contribution in [2.24, 2.45) is 0 Å². The van der Waals surface area contributed by atoms with E-state index >= 15 is 0 Å². The summed E-state index contributed by atoms with van der Waals surface area (Å²) < 4.78 is 38.2. The average Bonchev–Trinajstić information content (AvgIpc) is 3.07. The Kier molecular flexibility index (Phi) is 4.25. The molecule has 1 aliphatic heterocycles. The SMILES string of the molecule is Cc1nc(C(F)(F)F)ccc1C(=O)N1CCCC[C@H]1c1ncn[nH]1. The molecular weight excluding hydrogens is 323 g/mol. The molecule has 3 heterocycles. The predicted molar refractivity (Wildman–Crippen MR) is 78.0 cm³/mol. The van der Waals surface area contributed by atoms with Gasteiger partial charge in [0.25, 0.3) is 5.91 Å². The molecule has 0 bridgehead atoms. The van der Waals surface area contributed by atoms with Gasteiger partial charge in [-0.05, 0) is 38.3 Å². The lowest BCUT2D eigenvalue weighted by Gasteiger charge is -2.34. The number of nitrogens with zero attached hydrogens (tertiary/aromatic N) is 4. The first-order valence-corrected chi connectivity index (χ1v) is 7.59. The van der Waals surface area contributed by atoms with Gasteiger partial charge in [0.15, 0.2) is 0 Å². The van der Waals surface area contributed by atoms with Crippen molar-refractivity contribution in [2.45, 2.75) is 38.4 Å². The Morgan fingerprint density at radius 1 is 1.33 bits per heavy atom. The first-order valence-electron chi connectivity index (χ1n) is 7.59. The molecule has 3 rings (SSSR count). The van der Waals surface area contributed by atoms with Gasteiger partial charge in [-0.3, -0.25) is 9.89 Å². The number of hydrogen-bond acceptors (Lipinski definition) is 4. The molecule has 1 N–H and O–H groups in total. The number of pyridine rings is 1. The summed E-state index contributed by atoms with van der Waals surface area (Å²) in [4.78, 5) is 22.1. The second-order valence-electron chi connectivity index (χ2n) is 5.71. The van der Waals surface area contributed by atoms with Crippen LogP contribution in [0.4, 0.5) is 13.2 Å². The molecule has 6 nitrogen and oxygen atoms in total. The van der Waals surface area contributed by atoms with E-state index in [0.29, 0.717) is 12.4 Å². The van der Waals surface area contributed by atoms with Gasteiger partial charge in [-0.1, -0.05) is 0 Å². The number of aromatic nitrogens is 4. The number of carbonyl (C=O) groups excluding carboxylic acids is 1. The minimum absolute atomic E-state index is 0.0664. The van der Waals surface area contributed by atoms with Gasteiger partial charge in [0.05, 0.1) is 17.3 Å².